The van der Waals surface area contributed by atoms with Crippen LogP contribution < -0.4 is 5.32 Å². The molecule has 2 fully saturated rings. The van der Waals surface area contributed by atoms with Gasteiger partial charge in [0.05, 0.1) is 6.07 Å². The van der Waals surface area contributed by atoms with Gasteiger partial charge in [-0.1, -0.05) is 12.8 Å². The number of ether oxygens (including phenoxy) is 1. The van der Waals surface area contributed by atoms with Crippen LogP contribution in [0.25, 0.3) is 0 Å². The summed E-state index contributed by atoms with van der Waals surface area (Å²) in [5.74, 6) is -2.00. The summed E-state index contributed by atoms with van der Waals surface area (Å²) in [4.78, 5) is 24.2. The lowest BCUT2D eigenvalue weighted by Gasteiger charge is -2.23. The molecule has 0 aromatic rings. The zero-order chi connectivity index (χ0) is 13.7. The summed E-state index contributed by atoms with van der Waals surface area (Å²) in [5.41, 5.74) is 0. The molecule has 1 saturated carbocycles. The van der Waals surface area contributed by atoms with Crippen LogP contribution in [-0.4, -0.2) is 30.9 Å². The average molecular weight is 264 g/mol. The van der Waals surface area contributed by atoms with E-state index in [1.165, 1.54) is 0 Å². The molecule has 5 heteroatoms. The topological polar surface area (TPSA) is 79.2 Å². The van der Waals surface area contributed by atoms with Crippen LogP contribution in [0, 0.1) is 23.2 Å². The summed E-state index contributed by atoms with van der Waals surface area (Å²) in [6.07, 6.45) is 5.36. The molecule has 0 aromatic heterocycles. The van der Waals surface area contributed by atoms with E-state index >= 15 is 0 Å². The Morgan fingerprint density at radius 3 is 2.37 bits per heavy atom. The van der Waals surface area contributed by atoms with Crippen LogP contribution in [0.2, 0.25) is 0 Å². The number of carbonyl (C=O) groups is 2. The molecule has 1 unspecified atom stereocenters. The van der Waals surface area contributed by atoms with E-state index in [2.05, 4.69) is 5.32 Å². The molecular formula is C14H20N2O3. The van der Waals surface area contributed by atoms with E-state index < -0.39 is 11.8 Å². The van der Waals surface area contributed by atoms with E-state index in [0.717, 1.165) is 25.7 Å². The number of nitrogens with zero attached hydrogens (tertiary/aromatic N) is 1. The molecule has 2 aliphatic rings. The molecule has 1 heterocycles. The zero-order valence-electron chi connectivity index (χ0n) is 11.1. The number of hydrogen-bond acceptors (Lipinski definition) is 4. The van der Waals surface area contributed by atoms with Crippen LogP contribution in [0.5, 0.6) is 0 Å². The highest BCUT2D eigenvalue weighted by Crippen LogP contribution is 2.21. The van der Waals surface area contributed by atoms with E-state index in [1.807, 2.05) is 6.07 Å². The third-order valence-electron chi connectivity index (χ3n) is 4.00. The molecular weight excluding hydrogens is 244 g/mol. The Hall–Kier alpha value is -1.41. The van der Waals surface area contributed by atoms with E-state index in [9.17, 15) is 9.59 Å². The van der Waals surface area contributed by atoms with Crippen molar-refractivity contribution >= 4 is 11.7 Å². The molecule has 0 bridgehead atoms. The van der Waals surface area contributed by atoms with E-state index in [1.54, 1.807) is 0 Å². The minimum Gasteiger partial charge on any atom is -0.381 e. The average Bonchev–Trinajstić information content (AvgIpc) is 2.93. The van der Waals surface area contributed by atoms with Crippen LogP contribution >= 0.6 is 0 Å². The number of nitrogens with one attached hydrogen (secondary N) is 1. The van der Waals surface area contributed by atoms with Crippen molar-refractivity contribution in [2.45, 2.75) is 44.6 Å². The molecule has 0 radical (unpaired) electrons. The molecule has 104 valence electrons. The second-order valence-corrected chi connectivity index (χ2v) is 5.34. The quantitative estimate of drug-likeness (QED) is 0.773. The predicted octanol–water partition coefficient (Wildman–Crippen LogP) is 1.18. The highest BCUT2D eigenvalue weighted by molar-refractivity contribution is 6.05. The first-order valence-corrected chi connectivity index (χ1v) is 7.04. The first-order chi connectivity index (χ1) is 9.22. The summed E-state index contributed by atoms with van der Waals surface area (Å²) < 4.78 is 5.20. The normalized spacial score (nSPS) is 22.7. The van der Waals surface area contributed by atoms with E-state index in [0.29, 0.717) is 26.1 Å². The number of amides is 1. The lowest BCUT2D eigenvalue weighted by atomic mass is 9.87. The van der Waals surface area contributed by atoms with Gasteiger partial charge in [0.1, 0.15) is 0 Å². The van der Waals surface area contributed by atoms with Gasteiger partial charge in [-0.25, -0.2) is 0 Å². The SMILES string of the molecule is N#CC(C(=O)NC1CCCC1)C(=O)C1CCOCC1. The van der Waals surface area contributed by atoms with Crippen molar-refractivity contribution in [2.24, 2.45) is 11.8 Å². The lowest BCUT2D eigenvalue weighted by molar-refractivity contribution is -0.136. The van der Waals surface area contributed by atoms with Gasteiger partial charge in [0.2, 0.25) is 5.91 Å². The Bertz CT molecular complexity index is 377. The summed E-state index contributed by atoms with van der Waals surface area (Å²) in [5, 5.41) is 11.9. The molecule has 1 aliphatic carbocycles. The Labute approximate surface area is 113 Å². The van der Waals surface area contributed by atoms with Gasteiger partial charge in [0.15, 0.2) is 11.7 Å². The summed E-state index contributed by atoms with van der Waals surface area (Å²) in [6.45, 7) is 1.08. The number of nitriles is 1. The fourth-order valence-electron chi connectivity index (χ4n) is 2.82. The summed E-state index contributed by atoms with van der Waals surface area (Å²) >= 11 is 0. The van der Waals surface area contributed by atoms with Crippen LogP contribution in [0.15, 0.2) is 0 Å². The van der Waals surface area contributed by atoms with Gasteiger partial charge in [0.25, 0.3) is 0 Å². The first-order valence-electron chi connectivity index (χ1n) is 7.04. The Balaban J connectivity index is 1.92. The molecule has 19 heavy (non-hydrogen) atoms. The van der Waals surface area contributed by atoms with Gasteiger partial charge in [-0.05, 0) is 25.7 Å². The van der Waals surface area contributed by atoms with E-state index in [4.69, 9.17) is 10.00 Å². The summed E-state index contributed by atoms with van der Waals surface area (Å²) in [7, 11) is 0. The highest BCUT2D eigenvalue weighted by Gasteiger charge is 2.34. The van der Waals surface area contributed by atoms with Crippen molar-refractivity contribution in [2.75, 3.05) is 13.2 Å². The fourth-order valence-corrected chi connectivity index (χ4v) is 2.82. The van der Waals surface area contributed by atoms with Gasteiger partial charge in [0, 0.05) is 25.2 Å². The maximum absolute atomic E-state index is 12.2. The van der Waals surface area contributed by atoms with Crippen molar-refractivity contribution < 1.29 is 14.3 Å². The van der Waals surface area contributed by atoms with Gasteiger partial charge in [-0.3, -0.25) is 9.59 Å². The maximum Gasteiger partial charge on any atom is 0.245 e. The van der Waals surface area contributed by atoms with Crippen molar-refractivity contribution in [1.82, 2.24) is 5.32 Å². The van der Waals surface area contributed by atoms with Gasteiger partial charge < -0.3 is 10.1 Å². The number of ketones is 1. The molecule has 5 nitrogen and oxygen atoms in total. The third-order valence-corrected chi connectivity index (χ3v) is 4.00. The second kappa shape index (κ2) is 6.67. The second-order valence-electron chi connectivity index (χ2n) is 5.34. The van der Waals surface area contributed by atoms with Gasteiger partial charge >= 0.3 is 0 Å². The number of carbonyl (C=O) groups excluding carboxylic acids is 2. The largest absolute Gasteiger partial charge is 0.381 e. The molecule has 0 spiro atoms. The van der Waals surface area contributed by atoms with Crippen molar-refractivity contribution in [3.05, 3.63) is 0 Å². The summed E-state index contributed by atoms with van der Waals surface area (Å²) in [6, 6.07) is 2.01. The molecule has 2 rings (SSSR count). The number of Topliss-reactive ketones (excluding diaryl/α,β-unsaturated/α-hetero) is 1. The van der Waals surface area contributed by atoms with Crippen LogP contribution in [0.1, 0.15) is 38.5 Å². The van der Waals surface area contributed by atoms with Crippen LogP contribution in [0.3, 0.4) is 0 Å². The minimum atomic E-state index is -1.15. The Morgan fingerprint density at radius 1 is 1.16 bits per heavy atom. The van der Waals surface area contributed by atoms with Crippen molar-refractivity contribution in [3.8, 4) is 6.07 Å². The maximum atomic E-state index is 12.2. The molecule has 1 saturated heterocycles. The molecule has 1 aliphatic heterocycles. The molecule has 1 amide bonds. The van der Waals surface area contributed by atoms with Gasteiger partial charge in [-0.15, -0.1) is 0 Å². The lowest BCUT2D eigenvalue weighted by Crippen LogP contribution is -2.42. The standard InChI is InChI=1S/C14H20N2O3/c15-9-12(13(17)10-5-7-19-8-6-10)14(18)16-11-3-1-2-4-11/h10-12H,1-8H2,(H,16,18). The fraction of sp³-hybridized carbons (Fsp3) is 0.786. The molecule has 1 N–H and O–H groups in total. The van der Waals surface area contributed by atoms with E-state index in [-0.39, 0.29) is 17.7 Å². The molecule has 0 aromatic carbocycles. The first kappa shape index (κ1) is 14.0. The monoisotopic (exact) mass is 264 g/mol. The van der Waals surface area contributed by atoms with Gasteiger partial charge in [-0.2, -0.15) is 5.26 Å². The Morgan fingerprint density at radius 2 is 1.79 bits per heavy atom. The predicted molar refractivity (Wildman–Crippen MR) is 68.1 cm³/mol. The third kappa shape index (κ3) is 3.54. The Kier molecular flexibility index (Phi) is 4.92. The minimum absolute atomic E-state index is 0.144. The number of hydrogen-bond donors (Lipinski definition) is 1. The zero-order valence-corrected chi connectivity index (χ0v) is 11.1. The molecule has 1 atom stereocenters. The van der Waals surface area contributed by atoms with Crippen LogP contribution in [0.4, 0.5) is 0 Å². The smallest absolute Gasteiger partial charge is 0.245 e. The highest BCUT2D eigenvalue weighted by atomic mass is 16.5. The van der Waals surface area contributed by atoms with Crippen molar-refractivity contribution in [3.63, 3.8) is 0 Å². The van der Waals surface area contributed by atoms with Crippen molar-refractivity contribution in [1.29, 1.82) is 5.26 Å². The number of rotatable bonds is 4. The van der Waals surface area contributed by atoms with Crippen LogP contribution in [-0.2, 0) is 14.3 Å².